The number of fused-ring (bicyclic) bond motifs is 1. The molecule has 3 heterocycles. The summed E-state index contributed by atoms with van der Waals surface area (Å²) in [6.07, 6.45) is 3.36. The number of aromatic nitrogens is 4. The van der Waals surface area contributed by atoms with Gasteiger partial charge in [0.05, 0.1) is 34.2 Å². The van der Waals surface area contributed by atoms with Crippen LogP contribution in [0.15, 0.2) is 85.2 Å². The van der Waals surface area contributed by atoms with E-state index in [1.54, 1.807) is 24.5 Å². The van der Waals surface area contributed by atoms with E-state index in [2.05, 4.69) is 25.3 Å². The largest absolute Gasteiger partial charge is 0.382 e. The second-order valence-corrected chi connectivity index (χ2v) is 7.95. The minimum absolute atomic E-state index is 0.0352. The summed E-state index contributed by atoms with van der Waals surface area (Å²) in [6, 6.07) is 22.7. The van der Waals surface area contributed by atoms with Crippen LogP contribution in [0.4, 0.5) is 5.82 Å². The van der Waals surface area contributed by atoms with Gasteiger partial charge in [-0.15, -0.1) is 0 Å². The second-order valence-electron chi connectivity index (χ2n) is 7.55. The number of amides is 1. The molecule has 3 N–H and O–H groups in total. The number of anilines is 1. The fourth-order valence-corrected chi connectivity index (χ4v) is 3.82. The molecule has 34 heavy (non-hydrogen) atoms. The maximum Gasteiger partial charge on any atom is 0.274 e. The molecule has 0 radical (unpaired) electrons. The average molecular weight is 467 g/mol. The summed E-state index contributed by atoms with van der Waals surface area (Å²) in [7, 11) is 0. The standard InChI is InChI=1S/C26H19ClN6O/c27-19-9-5-13-30-21(19)15-31-26(34)24-25(28)33-22(16-6-2-1-3-7-16)23(32-24)18-10-11-20-17(14-18)8-4-12-29-20/h1-14H,15H2,(H2,28,33)(H,31,34). The average Bonchev–Trinajstić information content (AvgIpc) is 2.88. The molecule has 0 aliphatic heterocycles. The van der Waals surface area contributed by atoms with Crippen LogP contribution in [0.3, 0.4) is 0 Å². The molecule has 1 amide bonds. The van der Waals surface area contributed by atoms with Crippen LogP contribution < -0.4 is 11.1 Å². The normalized spacial score (nSPS) is 10.9. The number of halogens is 1. The summed E-state index contributed by atoms with van der Waals surface area (Å²) in [6.45, 7) is 0.136. The molecule has 0 unspecified atom stereocenters. The Hall–Kier alpha value is -4.36. The smallest absolute Gasteiger partial charge is 0.274 e. The maximum atomic E-state index is 13.0. The topological polar surface area (TPSA) is 107 Å². The molecule has 5 aromatic rings. The van der Waals surface area contributed by atoms with E-state index >= 15 is 0 Å². The fraction of sp³-hybridized carbons (Fsp3) is 0.0385. The number of hydrogen-bond acceptors (Lipinski definition) is 6. The van der Waals surface area contributed by atoms with Crippen LogP contribution in [-0.4, -0.2) is 25.8 Å². The van der Waals surface area contributed by atoms with E-state index in [-0.39, 0.29) is 18.1 Å². The molecule has 0 saturated heterocycles. The van der Waals surface area contributed by atoms with Gasteiger partial charge in [-0.05, 0) is 30.3 Å². The number of pyridine rings is 2. The quantitative estimate of drug-likeness (QED) is 0.380. The SMILES string of the molecule is Nc1nc(-c2ccccc2)c(-c2ccc3ncccc3c2)nc1C(=O)NCc1ncccc1Cl. The van der Waals surface area contributed by atoms with Crippen molar-refractivity contribution in [3.63, 3.8) is 0 Å². The molecule has 0 aliphatic carbocycles. The summed E-state index contributed by atoms with van der Waals surface area (Å²) in [4.78, 5) is 30.9. The van der Waals surface area contributed by atoms with E-state index in [4.69, 9.17) is 17.3 Å². The zero-order valence-corrected chi connectivity index (χ0v) is 18.7. The highest BCUT2D eigenvalue weighted by Gasteiger charge is 2.20. The number of nitrogens with two attached hydrogens (primary N) is 1. The molecule has 0 atom stereocenters. The third kappa shape index (κ3) is 4.29. The zero-order valence-electron chi connectivity index (χ0n) is 17.9. The molecule has 0 aliphatic rings. The van der Waals surface area contributed by atoms with Crippen molar-refractivity contribution in [1.29, 1.82) is 0 Å². The molecule has 8 heteroatoms. The monoisotopic (exact) mass is 466 g/mol. The summed E-state index contributed by atoms with van der Waals surface area (Å²) in [5.74, 6) is -0.426. The minimum Gasteiger partial charge on any atom is -0.382 e. The predicted octanol–water partition coefficient (Wildman–Crippen LogP) is 4.92. The van der Waals surface area contributed by atoms with Crippen molar-refractivity contribution >= 4 is 34.2 Å². The first-order valence-corrected chi connectivity index (χ1v) is 10.9. The molecule has 5 rings (SSSR count). The molecule has 3 aromatic heterocycles. The summed E-state index contributed by atoms with van der Waals surface area (Å²) < 4.78 is 0. The third-order valence-electron chi connectivity index (χ3n) is 5.31. The van der Waals surface area contributed by atoms with Crippen LogP contribution in [0.2, 0.25) is 5.02 Å². The van der Waals surface area contributed by atoms with Gasteiger partial charge in [0.25, 0.3) is 5.91 Å². The van der Waals surface area contributed by atoms with Gasteiger partial charge in [0.2, 0.25) is 0 Å². The Morgan fingerprint density at radius 2 is 1.62 bits per heavy atom. The Morgan fingerprint density at radius 1 is 0.853 bits per heavy atom. The molecule has 0 spiro atoms. The van der Waals surface area contributed by atoms with Crippen molar-refractivity contribution in [3.05, 3.63) is 102 Å². The number of nitrogens with one attached hydrogen (secondary N) is 1. The van der Waals surface area contributed by atoms with Gasteiger partial charge in [0.1, 0.15) is 0 Å². The number of carbonyl (C=O) groups is 1. The van der Waals surface area contributed by atoms with Crippen molar-refractivity contribution in [1.82, 2.24) is 25.3 Å². The highest BCUT2D eigenvalue weighted by atomic mass is 35.5. The number of carbonyl (C=O) groups excluding carboxylic acids is 1. The molecule has 7 nitrogen and oxygen atoms in total. The van der Waals surface area contributed by atoms with Crippen molar-refractivity contribution in [3.8, 4) is 22.5 Å². The highest BCUT2D eigenvalue weighted by Crippen LogP contribution is 2.32. The Kier molecular flexibility index (Phi) is 5.84. The fourth-order valence-electron chi connectivity index (χ4n) is 3.63. The van der Waals surface area contributed by atoms with Gasteiger partial charge >= 0.3 is 0 Å². The molecular formula is C26H19ClN6O. The Bertz CT molecular complexity index is 1510. The molecule has 2 aromatic carbocycles. The first-order valence-electron chi connectivity index (χ1n) is 10.6. The molecular weight excluding hydrogens is 448 g/mol. The first kappa shape index (κ1) is 21.5. The lowest BCUT2D eigenvalue weighted by atomic mass is 10.0. The van der Waals surface area contributed by atoms with Gasteiger partial charge in [0, 0.05) is 28.9 Å². The van der Waals surface area contributed by atoms with Gasteiger partial charge in [-0.2, -0.15) is 0 Å². The van der Waals surface area contributed by atoms with E-state index < -0.39 is 5.91 Å². The van der Waals surface area contributed by atoms with Gasteiger partial charge in [-0.25, -0.2) is 9.97 Å². The zero-order chi connectivity index (χ0) is 23.5. The summed E-state index contributed by atoms with van der Waals surface area (Å²) in [5, 5.41) is 4.20. The predicted molar refractivity (Wildman–Crippen MR) is 133 cm³/mol. The van der Waals surface area contributed by atoms with Crippen LogP contribution in [0.25, 0.3) is 33.4 Å². The summed E-state index contributed by atoms with van der Waals surface area (Å²) in [5.41, 5.74) is 10.4. The van der Waals surface area contributed by atoms with Gasteiger partial charge < -0.3 is 11.1 Å². The molecule has 0 saturated carbocycles. The van der Waals surface area contributed by atoms with Gasteiger partial charge in [-0.3, -0.25) is 14.8 Å². The van der Waals surface area contributed by atoms with Crippen LogP contribution in [0, 0.1) is 0 Å². The van der Waals surface area contributed by atoms with Crippen molar-refractivity contribution in [2.75, 3.05) is 5.73 Å². The third-order valence-corrected chi connectivity index (χ3v) is 5.66. The van der Waals surface area contributed by atoms with Gasteiger partial charge in [0.15, 0.2) is 11.5 Å². The Labute approximate surface area is 200 Å². The van der Waals surface area contributed by atoms with Crippen LogP contribution >= 0.6 is 11.6 Å². The van der Waals surface area contributed by atoms with E-state index in [1.807, 2.05) is 60.7 Å². The van der Waals surface area contributed by atoms with E-state index in [1.165, 1.54) is 0 Å². The lowest BCUT2D eigenvalue weighted by molar-refractivity contribution is 0.0946. The maximum absolute atomic E-state index is 13.0. The lowest BCUT2D eigenvalue weighted by Crippen LogP contribution is -2.26. The van der Waals surface area contributed by atoms with Crippen molar-refractivity contribution < 1.29 is 4.79 Å². The van der Waals surface area contributed by atoms with Crippen LogP contribution in [0.1, 0.15) is 16.2 Å². The lowest BCUT2D eigenvalue weighted by Gasteiger charge is -2.14. The van der Waals surface area contributed by atoms with Crippen LogP contribution in [0.5, 0.6) is 0 Å². The van der Waals surface area contributed by atoms with Crippen LogP contribution in [-0.2, 0) is 6.54 Å². The summed E-state index contributed by atoms with van der Waals surface area (Å²) >= 11 is 6.15. The first-order chi connectivity index (χ1) is 16.6. The Balaban J connectivity index is 1.58. The number of nitrogen functional groups attached to an aromatic ring is 1. The number of hydrogen-bond donors (Lipinski definition) is 2. The van der Waals surface area contributed by atoms with Gasteiger partial charge in [-0.1, -0.05) is 54.1 Å². The van der Waals surface area contributed by atoms with E-state index in [9.17, 15) is 4.79 Å². The molecule has 166 valence electrons. The highest BCUT2D eigenvalue weighted by molar-refractivity contribution is 6.31. The van der Waals surface area contributed by atoms with Crippen molar-refractivity contribution in [2.45, 2.75) is 6.54 Å². The second kappa shape index (κ2) is 9.25. The molecule has 0 bridgehead atoms. The van der Waals surface area contributed by atoms with Crippen molar-refractivity contribution in [2.24, 2.45) is 0 Å². The minimum atomic E-state index is -0.463. The number of rotatable bonds is 5. The number of nitrogens with zero attached hydrogens (tertiary/aromatic N) is 4. The Morgan fingerprint density at radius 3 is 2.44 bits per heavy atom. The number of benzene rings is 2. The van der Waals surface area contributed by atoms with E-state index in [0.717, 1.165) is 22.0 Å². The van der Waals surface area contributed by atoms with E-state index in [0.29, 0.717) is 22.1 Å². The molecule has 0 fully saturated rings.